The van der Waals surface area contributed by atoms with E-state index in [4.69, 9.17) is 7.53 Å². The van der Waals surface area contributed by atoms with Crippen LogP contribution < -0.4 is 0 Å². The zero-order chi connectivity index (χ0) is 11.9. The van der Waals surface area contributed by atoms with E-state index in [0.29, 0.717) is 0 Å². The Balaban J connectivity index is 4.69. The minimum atomic E-state index is -3.17. The van der Waals surface area contributed by atoms with Gasteiger partial charge in [-0.25, -0.2) is 0 Å². The number of carbonyl (C=O) groups is 2. The molecule has 0 aliphatic rings. The fraction of sp³-hybridized carbons (Fsp3) is 0.800. The van der Waals surface area contributed by atoms with E-state index in [-0.39, 0.29) is 11.9 Å². The van der Waals surface area contributed by atoms with Crippen LogP contribution in [0.2, 0.25) is 10.5 Å². The Bertz CT molecular complexity index is 203. The van der Waals surface area contributed by atoms with E-state index in [2.05, 4.69) is 0 Å². The van der Waals surface area contributed by atoms with E-state index < -0.39 is 13.9 Å². The van der Waals surface area contributed by atoms with Crippen LogP contribution in [0.1, 0.15) is 40.5 Å². The molecule has 0 radical (unpaired) electrons. The molecule has 0 aromatic carbocycles. The summed E-state index contributed by atoms with van der Waals surface area (Å²) >= 11 is -3.17. The molecule has 15 heavy (non-hydrogen) atoms. The van der Waals surface area contributed by atoms with Crippen molar-refractivity contribution in [2.45, 2.75) is 51.0 Å². The van der Waals surface area contributed by atoms with Crippen molar-refractivity contribution >= 4 is 25.9 Å². The van der Waals surface area contributed by atoms with Gasteiger partial charge in [-0.2, -0.15) is 0 Å². The van der Waals surface area contributed by atoms with Crippen LogP contribution in [0.25, 0.3) is 0 Å². The number of carbonyl (C=O) groups excluding carboxylic acids is 2. The van der Waals surface area contributed by atoms with Crippen molar-refractivity contribution in [2.75, 3.05) is 0 Å². The van der Waals surface area contributed by atoms with E-state index >= 15 is 0 Å². The molecule has 0 amide bonds. The molecule has 0 aromatic rings. The van der Waals surface area contributed by atoms with Crippen LogP contribution in [0.15, 0.2) is 0 Å². The van der Waals surface area contributed by atoms with E-state index in [1.807, 2.05) is 13.8 Å². The van der Waals surface area contributed by atoms with Gasteiger partial charge in [0.15, 0.2) is 0 Å². The summed E-state index contributed by atoms with van der Waals surface area (Å²) in [5.74, 6) is -0.670. The van der Waals surface area contributed by atoms with Crippen molar-refractivity contribution in [3.05, 3.63) is 0 Å². The van der Waals surface area contributed by atoms with Gasteiger partial charge in [-0.05, 0) is 0 Å². The Hall–Kier alpha value is -0.517. The molecular formula is C10H20GeO4. The quantitative estimate of drug-likeness (QED) is 0.699. The van der Waals surface area contributed by atoms with E-state index in [0.717, 1.165) is 23.3 Å². The molecule has 88 valence electrons. The predicted molar refractivity (Wildman–Crippen MR) is 59.5 cm³/mol. The van der Waals surface area contributed by atoms with Crippen LogP contribution in [-0.4, -0.2) is 25.9 Å². The molecule has 0 spiro atoms. The first-order chi connectivity index (χ1) is 6.95. The number of hydrogen-bond acceptors (Lipinski definition) is 4. The number of hydrogen-bond donors (Lipinski definition) is 0. The van der Waals surface area contributed by atoms with Gasteiger partial charge in [0.2, 0.25) is 0 Å². The summed E-state index contributed by atoms with van der Waals surface area (Å²) in [7, 11) is 0. The first-order valence-electron chi connectivity index (χ1n) is 5.35. The molecule has 4 nitrogen and oxygen atoms in total. The first-order valence-corrected chi connectivity index (χ1v) is 10.0. The van der Waals surface area contributed by atoms with Gasteiger partial charge in [-0.1, -0.05) is 0 Å². The fourth-order valence-corrected chi connectivity index (χ4v) is 8.50. The van der Waals surface area contributed by atoms with Crippen molar-refractivity contribution in [1.29, 1.82) is 0 Å². The summed E-state index contributed by atoms with van der Waals surface area (Å²) in [4.78, 5) is 22.0. The Morgan fingerprint density at radius 3 is 1.47 bits per heavy atom. The third-order valence-corrected chi connectivity index (χ3v) is 9.98. The minimum absolute atomic E-state index is 0.335. The Morgan fingerprint density at radius 1 is 0.933 bits per heavy atom. The predicted octanol–water partition coefficient (Wildman–Crippen LogP) is 2.37. The van der Waals surface area contributed by atoms with Gasteiger partial charge in [-0.15, -0.1) is 0 Å². The zero-order valence-corrected chi connectivity index (χ0v) is 12.1. The van der Waals surface area contributed by atoms with Crippen LogP contribution in [0.4, 0.5) is 0 Å². The Morgan fingerprint density at radius 2 is 1.27 bits per heavy atom. The van der Waals surface area contributed by atoms with Crippen LogP contribution in [-0.2, 0) is 17.1 Å². The second kappa shape index (κ2) is 6.87. The molecule has 5 heteroatoms. The summed E-state index contributed by atoms with van der Waals surface area (Å²) in [6, 6.07) is 0. The zero-order valence-electron chi connectivity index (χ0n) is 9.96. The normalized spacial score (nSPS) is 10.9. The van der Waals surface area contributed by atoms with Crippen molar-refractivity contribution < 1.29 is 17.1 Å². The van der Waals surface area contributed by atoms with Crippen molar-refractivity contribution in [1.82, 2.24) is 0 Å². The molecule has 0 heterocycles. The second-order valence-electron chi connectivity index (χ2n) is 3.60. The van der Waals surface area contributed by atoms with Crippen LogP contribution in [0, 0.1) is 0 Å². The van der Waals surface area contributed by atoms with E-state index in [9.17, 15) is 9.59 Å². The third kappa shape index (κ3) is 5.82. The molecule has 0 saturated heterocycles. The molecule has 0 unspecified atom stereocenters. The van der Waals surface area contributed by atoms with Crippen molar-refractivity contribution in [3.63, 3.8) is 0 Å². The summed E-state index contributed by atoms with van der Waals surface area (Å²) in [5, 5.41) is 1.46. The molecular weight excluding hydrogens is 257 g/mol. The molecule has 0 aliphatic carbocycles. The second-order valence-corrected chi connectivity index (χ2v) is 10.4. The third-order valence-electron chi connectivity index (χ3n) is 1.92. The van der Waals surface area contributed by atoms with Crippen LogP contribution in [0.5, 0.6) is 0 Å². The summed E-state index contributed by atoms with van der Waals surface area (Å²) < 4.78 is 10.7. The molecule has 0 fully saturated rings. The van der Waals surface area contributed by atoms with Gasteiger partial charge in [0.05, 0.1) is 0 Å². The van der Waals surface area contributed by atoms with Gasteiger partial charge in [-0.3, -0.25) is 0 Å². The molecule has 0 atom stereocenters. The van der Waals surface area contributed by atoms with Gasteiger partial charge >= 0.3 is 94.0 Å². The number of rotatable bonds is 6. The van der Waals surface area contributed by atoms with E-state index in [1.165, 1.54) is 13.8 Å². The Kier molecular flexibility index (Phi) is 6.64. The summed E-state index contributed by atoms with van der Waals surface area (Å²) in [6.45, 7) is 6.74. The Labute approximate surface area is 94.4 Å². The molecule has 0 N–H and O–H groups in total. The van der Waals surface area contributed by atoms with Gasteiger partial charge in [0.25, 0.3) is 0 Å². The standard InChI is InChI=1S/C10H20GeO4/c1-5-7-11(8-6-2,14-9(3)12)15-10(4)13/h5-8H2,1-4H3. The molecule has 0 saturated carbocycles. The molecule has 0 aliphatic heterocycles. The average molecular weight is 277 g/mol. The SMILES string of the molecule is CC[CH2][Ge]([CH2]CC)([O]C(C)=O)[O]C(C)=O. The van der Waals surface area contributed by atoms with E-state index in [1.54, 1.807) is 0 Å². The summed E-state index contributed by atoms with van der Waals surface area (Å²) in [5.41, 5.74) is 0. The molecule has 0 rings (SSSR count). The molecule has 0 bridgehead atoms. The fourth-order valence-electron chi connectivity index (χ4n) is 1.64. The van der Waals surface area contributed by atoms with Crippen molar-refractivity contribution in [3.8, 4) is 0 Å². The maximum atomic E-state index is 11.0. The first kappa shape index (κ1) is 14.5. The maximum absolute atomic E-state index is 11.0. The van der Waals surface area contributed by atoms with Crippen LogP contribution in [0.3, 0.4) is 0 Å². The topological polar surface area (TPSA) is 52.6 Å². The van der Waals surface area contributed by atoms with Gasteiger partial charge < -0.3 is 0 Å². The summed E-state index contributed by atoms with van der Waals surface area (Å²) in [6.07, 6.45) is 1.75. The average Bonchev–Trinajstić information content (AvgIpc) is 2.01. The van der Waals surface area contributed by atoms with Gasteiger partial charge in [0.1, 0.15) is 0 Å². The van der Waals surface area contributed by atoms with Gasteiger partial charge in [0, 0.05) is 0 Å². The monoisotopic (exact) mass is 278 g/mol. The van der Waals surface area contributed by atoms with Crippen LogP contribution >= 0.6 is 0 Å². The molecule has 0 aromatic heterocycles. The van der Waals surface area contributed by atoms with Crippen molar-refractivity contribution in [2.24, 2.45) is 0 Å².